The van der Waals surface area contributed by atoms with Gasteiger partial charge in [-0.3, -0.25) is 0 Å². The van der Waals surface area contributed by atoms with Gasteiger partial charge in [-0.15, -0.1) is 0 Å². The summed E-state index contributed by atoms with van der Waals surface area (Å²) in [6.07, 6.45) is -2.92. The van der Waals surface area contributed by atoms with E-state index in [-0.39, 0.29) is 11.3 Å². The van der Waals surface area contributed by atoms with E-state index in [1.54, 1.807) is 18.2 Å². The highest BCUT2D eigenvalue weighted by atomic mass is 19.4. The van der Waals surface area contributed by atoms with Crippen molar-refractivity contribution in [1.82, 2.24) is 4.98 Å². The highest BCUT2D eigenvalue weighted by Crippen LogP contribution is 2.28. The highest BCUT2D eigenvalue weighted by molar-refractivity contribution is 5.66. The Morgan fingerprint density at radius 1 is 0.929 bits per heavy atom. The van der Waals surface area contributed by atoms with E-state index in [4.69, 9.17) is 14.7 Å². The van der Waals surface area contributed by atoms with Crippen molar-refractivity contribution in [3.63, 3.8) is 0 Å². The summed E-state index contributed by atoms with van der Waals surface area (Å²) >= 11 is 0. The number of rotatable bonds is 6. The molecule has 7 heteroatoms. The molecule has 1 heterocycles. The number of alkyl halides is 3. The fourth-order valence-corrected chi connectivity index (χ4v) is 2.45. The number of ether oxygens (including phenoxy) is 2. The van der Waals surface area contributed by atoms with Crippen molar-refractivity contribution in [3.8, 4) is 28.8 Å². The fraction of sp³-hybridized carbons (Fsp3) is 0.143. The molecule has 0 amide bonds. The molecule has 4 nitrogen and oxygen atoms in total. The average Bonchev–Trinajstić information content (AvgIpc) is 2.71. The molecule has 0 unspecified atom stereocenters. The van der Waals surface area contributed by atoms with Crippen molar-refractivity contribution < 1.29 is 22.6 Å². The molecule has 142 valence electrons. The van der Waals surface area contributed by atoms with Crippen LogP contribution >= 0.6 is 0 Å². The van der Waals surface area contributed by atoms with Crippen LogP contribution < -0.4 is 9.47 Å². The van der Waals surface area contributed by atoms with Gasteiger partial charge >= 0.3 is 6.18 Å². The Kier molecular flexibility index (Phi) is 5.80. The lowest BCUT2D eigenvalue weighted by Crippen LogP contribution is -2.19. The molecule has 2 aromatic carbocycles. The van der Waals surface area contributed by atoms with Gasteiger partial charge in [-0.2, -0.15) is 18.4 Å². The number of hydrogen-bond acceptors (Lipinski definition) is 4. The van der Waals surface area contributed by atoms with E-state index in [2.05, 4.69) is 4.98 Å². The summed E-state index contributed by atoms with van der Waals surface area (Å²) in [5.41, 5.74) is 2.35. The normalized spacial score (nSPS) is 10.9. The molecule has 28 heavy (non-hydrogen) atoms. The molecule has 0 aliphatic heterocycles. The third-order valence-corrected chi connectivity index (χ3v) is 3.74. The summed E-state index contributed by atoms with van der Waals surface area (Å²) in [4.78, 5) is 4.21. The summed E-state index contributed by atoms with van der Waals surface area (Å²) < 4.78 is 47.5. The first-order chi connectivity index (χ1) is 13.4. The zero-order valence-electron chi connectivity index (χ0n) is 14.6. The summed E-state index contributed by atoms with van der Waals surface area (Å²) in [6, 6.07) is 19.2. The van der Waals surface area contributed by atoms with Crippen LogP contribution in [0.3, 0.4) is 0 Å². The van der Waals surface area contributed by atoms with Gasteiger partial charge in [-0.05, 0) is 35.4 Å². The Hall–Kier alpha value is -3.53. The van der Waals surface area contributed by atoms with Gasteiger partial charge in [0.05, 0.1) is 11.6 Å². The lowest BCUT2D eigenvalue weighted by Gasteiger charge is -2.11. The van der Waals surface area contributed by atoms with Gasteiger partial charge < -0.3 is 9.47 Å². The summed E-state index contributed by atoms with van der Waals surface area (Å²) in [5, 5.41) is 9.12. The Balaban J connectivity index is 1.74. The monoisotopic (exact) mass is 384 g/mol. The van der Waals surface area contributed by atoms with E-state index in [0.29, 0.717) is 23.6 Å². The first-order valence-electron chi connectivity index (χ1n) is 8.31. The number of nitrogens with zero attached hydrogens (tertiary/aromatic N) is 2. The van der Waals surface area contributed by atoms with Gasteiger partial charge in [-0.1, -0.05) is 30.3 Å². The molecule has 1 aromatic heterocycles. The van der Waals surface area contributed by atoms with Crippen molar-refractivity contribution in [3.05, 3.63) is 78.0 Å². The predicted molar refractivity (Wildman–Crippen MR) is 96.7 cm³/mol. The van der Waals surface area contributed by atoms with Gasteiger partial charge in [0.1, 0.15) is 12.4 Å². The molecule has 0 saturated heterocycles. The first kappa shape index (κ1) is 19.2. The molecule has 0 aliphatic rings. The van der Waals surface area contributed by atoms with Gasteiger partial charge in [0.25, 0.3) is 0 Å². The minimum absolute atomic E-state index is 0.0317. The Labute approximate surface area is 159 Å². The third-order valence-electron chi connectivity index (χ3n) is 3.74. The van der Waals surface area contributed by atoms with Crippen LogP contribution in [0.2, 0.25) is 0 Å². The zero-order valence-corrected chi connectivity index (χ0v) is 14.6. The number of benzene rings is 2. The smallest absolute Gasteiger partial charge is 0.422 e. The van der Waals surface area contributed by atoms with Gasteiger partial charge in [0.2, 0.25) is 5.88 Å². The molecule has 0 spiro atoms. The second kappa shape index (κ2) is 8.44. The lowest BCUT2D eigenvalue weighted by molar-refractivity contribution is -0.153. The molecular weight excluding hydrogens is 369 g/mol. The largest absolute Gasteiger partial charge is 0.484 e. The van der Waals surface area contributed by atoms with Crippen molar-refractivity contribution in [2.45, 2.75) is 12.8 Å². The minimum atomic E-state index is -4.46. The van der Waals surface area contributed by atoms with Gasteiger partial charge in [-0.25, -0.2) is 4.98 Å². The van der Waals surface area contributed by atoms with Crippen LogP contribution in [0.5, 0.6) is 11.6 Å². The molecule has 3 aromatic rings. The van der Waals surface area contributed by atoms with Crippen molar-refractivity contribution >= 4 is 0 Å². The van der Waals surface area contributed by atoms with Crippen LogP contribution in [0.25, 0.3) is 11.1 Å². The van der Waals surface area contributed by atoms with Crippen LogP contribution in [0, 0.1) is 11.3 Å². The van der Waals surface area contributed by atoms with Crippen LogP contribution in [0.1, 0.15) is 11.1 Å². The Morgan fingerprint density at radius 2 is 1.71 bits per heavy atom. The van der Waals surface area contributed by atoms with Gasteiger partial charge in [0.15, 0.2) is 6.61 Å². The first-order valence-corrected chi connectivity index (χ1v) is 8.31. The maximum atomic E-state index is 12.4. The quantitative estimate of drug-likeness (QED) is 0.590. The van der Waals surface area contributed by atoms with E-state index in [0.717, 1.165) is 5.56 Å². The van der Waals surface area contributed by atoms with E-state index in [1.807, 2.05) is 36.4 Å². The maximum Gasteiger partial charge on any atom is 0.422 e. The van der Waals surface area contributed by atoms with Crippen LogP contribution in [-0.4, -0.2) is 17.8 Å². The molecule has 0 fully saturated rings. The average molecular weight is 384 g/mol. The van der Waals surface area contributed by atoms with Crippen molar-refractivity contribution in [2.75, 3.05) is 6.61 Å². The molecule has 0 N–H and O–H groups in total. The number of nitriles is 1. The number of hydrogen-bond donors (Lipinski definition) is 0. The summed E-state index contributed by atoms with van der Waals surface area (Å²) in [7, 11) is 0. The van der Waals surface area contributed by atoms with Crippen molar-refractivity contribution in [2.24, 2.45) is 0 Å². The Bertz CT molecular complexity index is 966. The molecule has 0 bridgehead atoms. The highest BCUT2D eigenvalue weighted by Gasteiger charge is 2.28. The topological polar surface area (TPSA) is 55.1 Å². The molecular formula is C21H15F3N2O2. The third kappa shape index (κ3) is 5.48. The van der Waals surface area contributed by atoms with Crippen LogP contribution in [0.15, 0.2) is 66.9 Å². The molecule has 0 radical (unpaired) electrons. The van der Waals surface area contributed by atoms with Crippen LogP contribution in [0.4, 0.5) is 13.2 Å². The fourth-order valence-electron chi connectivity index (χ4n) is 2.45. The van der Waals surface area contributed by atoms with Gasteiger partial charge in [0, 0.05) is 17.8 Å². The number of pyridine rings is 1. The predicted octanol–water partition coefficient (Wildman–Crippen LogP) is 5.14. The minimum Gasteiger partial charge on any atom is -0.484 e. The standard InChI is InChI=1S/C21H15F3N2O2/c22-21(23,24)14-28-19-9-16(11-25)8-18(10-19)17-6-7-20(26-12-17)27-13-15-4-2-1-3-5-15/h1-10,12H,13-14H2. The van der Waals surface area contributed by atoms with E-state index >= 15 is 0 Å². The molecule has 0 atom stereocenters. The second-order valence-corrected chi connectivity index (χ2v) is 5.92. The second-order valence-electron chi connectivity index (χ2n) is 5.92. The van der Waals surface area contributed by atoms with Crippen molar-refractivity contribution in [1.29, 1.82) is 5.26 Å². The Morgan fingerprint density at radius 3 is 2.36 bits per heavy atom. The van der Waals surface area contributed by atoms with E-state index < -0.39 is 12.8 Å². The molecule has 3 rings (SSSR count). The van der Waals surface area contributed by atoms with E-state index in [9.17, 15) is 13.2 Å². The van der Waals surface area contributed by atoms with Crippen LogP contribution in [-0.2, 0) is 6.61 Å². The summed E-state index contributed by atoms with van der Waals surface area (Å²) in [6.45, 7) is -1.06. The summed E-state index contributed by atoms with van der Waals surface area (Å²) in [5.74, 6) is 0.383. The SMILES string of the molecule is N#Cc1cc(OCC(F)(F)F)cc(-c2ccc(OCc3ccccc3)nc2)c1. The number of aromatic nitrogens is 1. The number of halogens is 3. The lowest BCUT2D eigenvalue weighted by atomic mass is 10.0. The van der Waals surface area contributed by atoms with E-state index in [1.165, 1.54) is 18.3 Å². The molecule has 0 aliphatic carbocycles. The zero-order chi connectivity index (χ0) is 20.0. The maximum absolute atomic E-state index is 12.4. The molecule has 0 saturated carbocycles.